The van der Waals surface area contributed by atoms with Crippen molar-refractivity contribution in [2.75, 3.05) is 5.73 Å². The molecule has 2 rings (SSSR count). The Bertz CT molecular complexity index is 494. The average Bonchev–Trinajstić information content (AvgIpc) is 2.65. The number of alkyl halides is 3. The Kier molecular flexibility index (Phi) is 4.73. The number of hydrogen-bond donors (Lipinski definition) is 1. The first-order valence-electron chi connectivity index (χ1n) is 6.77. The lowest BCUT2D eigenvalue weighted by molar-refractivity contribution is -0.137. The maximum Gasteiger partial charge on any atom is 0.416 e. The van der Waals surface area contributed by atoms with E-state index in [1.165, 1.54) is 6.07 Å². The summed E-state index contributed by atoms with van der Waals surface area (Å²) < 4.78 is 50.2. The fraction of sp³-hybridized carbons (Fsp3) is 0.571. The first-order valence-corrected chi connectivity index (χ1v) is 7.98. The molecule has 0 aromatic heterocycles. The fourth-order valence-corrected chi connectivity index (χ4v) is 4.16. The Morgan fingerprint density at radius 3 is 2.20 bits per heavy atom. The van der Waals surface area contributed by atoms with Gasteiger partial charge in [-0.15, -0.1) is 0 Å². The second kappa shape index (κ2) is 6.16. The Balaban J connectivity index is 2.22. The molecule has 1 aromatic rings. The average molecular weight is 305 g/mol. The van der Waals surface area contributed by atoms with Crippen LogP contribution in [0.25, 0.3) is 0 Å². The molecule has 1 unspecified atom stereocenters. The maximum atomic E-state index is 12.6. The van der Waals surface area contributed by atoms with Crippen molar-refractivity contribution in [2.45, 2.75) is 54.8 Å². The van der Waals surface area contributed by atoms with Gasteiger partial charge in [-0.2, -0.15) is 13.2 Å². The van der Waals surface area contributed by atoms with E-state index in [-0.39, 0.29) is 10.9 Å². The molecule has 1 atom stereocenters. The Hall–Kier alpha value is -1.04. The van der Waals surface area contributed by atoms with Gasteiger partial charge in [0.15, 0.2) is 0 Å². The molecule has 1 saturated carbocycles. The summed E-state index contributed by atoms with van der Waals surface area (Å²) in [5, 5.41) is 0.0107. The van der Waals surface area contributed by atoms with Gasteiger partial charge in [-0.25, -0.2) is 0 Å². The molecule has 112 valence electrons. The van der Waals surface area contributed by atoms with Crippen LogP contribution in [0.5, 0.6) is 0 Å². The number of hydrogen-bond acceptors (Lipinski definition) is 2. The summed E-state index contributed by atoms with van der Waals surface area (Å²) in [5.74, 6) is 0. The molecule has 1 aromatic carbocycles. The third-order valence-corrected chi connectivity index (χ3v) is 5.54. The first-order chi connectivity index (χ1) is 9.39. The zero-order chi connectivity index (χ0) is 14.8. The van der Waals surface area contributed by atoms with E-state index in [0.29, 0.717) is 4.90 Å². The van der Waals surface area contributed by atoms with Gasteiger partial charge in [0.2, 0.25) is 0 Å². The van der Waals surface area contributed by atoms with Gasteiger partial charge in [-0.1, -0.05) is 25.7 Å². The summed E-state index contributed by atoms with van der Waals surface area (Å²) >= 11 is 0. The molecule has 1 aliphatic rings. The minimum atomic E-state index is -4.42. The van der Waals surface area contributed by atoms with E-state index in [1.54, 1.807) is 0 Å². The van der Waals surface area contributed by atoms with Crippen LogP contribution in [0, 0.1) is 0 Å². The molecule has 0 spiro atoms. The summed E-state index contributed by atoms with van der Waals surface area (Å²) in [5.41, 5.74) is 4.85. The van der Waals surface area contributed by atoms with E-state index in [4.69, 9.17) is 5.73 Å². The number of nitrogens with two attached hydrogens (primary N) is 1. The van der Waals surface area contributed by atoms with Crippen LogP contribution in [0.3, 0.4) is 0 Å². The highest BCUT2D eigenvalue weighted by Gasteiger charge is 2.31. The standard InChI is InChI=1S/C14H18F3NOS/c15-14(16,17)10-7-8-13(12(18)9-10)20(19)11-5-3-1-2-4-6-11/h7-9,11H,1-6,18H2. The van der Waals surface area contributed by atoms with E-state index in [0.717, 1.165) is 50.7 Å². The number of rotatable bonds is 2. The number of benzene rings is 1. The van der Waals surface area contributed by atoms with Crippen molar-refractivity contribution in [3.8, 4) is 0 Å². The van der Waals surface area contributed by atoms with E-state index in [9.17, 15) is 17.4 Å². The van der Waals surface area contributed by atoms with Gasteiger partial charge in [0, 0.05) is 10.9 Å². The number of nitrogen functional groups attached to an aromatic ring is 1. The van der Waals surface area contributed by atoms with Crippen LogP contribution in [0.4, 0.5) is 18.9 Å². The summed E-state index contributed by atoms with van der Waals surface area (Å²) in [6.45, 7) is 0. The van der Waals surface area contributed by atoms with E-state index in [2.05, 4.69) is 0 Å². The topological polar surface area (TPSA) is 43.1 Å². The van der Waals surface area contributed by atoms with Crippen molar-refractivity contribution >= 4 is 16.5 Å². The predicted octanol–water partition coefficient (Wildman–Crippen LogP) is 4.12. The van der Waals surface area contributed by atoms with Gasteiger partial charge in [0.05, 0.1) is 21.3 Å². The number of halogens is 3. The van der Waals surface area contributed by atoms with Crippen LogP contribution < -0.4 is 5.73 Å². The van der Waals surface area contributed by atoms with E-state index >= 15 is 0 Å². The van der Waals surface area contributed by atoms with E-state index in [1.807, 2.05) is 0 Å². The van der Waals surface area contributed by atoms with Crippen LogP contribution in [0.2, 0.25) is 0 Å². The molecule has 2 nitrogen and oxygen atoms in total. The second-order valence-electron chi connectivity index (χ2n) is 5.16. The summed E-state index contributed by atoms with van der Waals surface area (Å²) in [6.07, 6.45) is 1.61. The molecular formula is C14H18F3NOS. The lowest BCUT2D eigenvalue weighted by Gasteiger charge is -2.16. The smallest absolute Gasteiger partial charge is 0.398 e. The normalized spacial score (nSPS) is 19.6. The molecule has 2 N–H and O–H groups in total. The van der Waals surface area contributed by atoms with Gasteiger partial charge in [0.25, 0.3) is 0 Å². The second-order valence-corrected chi connectivity index (χ2v) is 6.86. The quantitative estimate of drug-likeness (QED) is 0.660. The van der Waals surface area contributed by atoms with Crippen LogP contribution >= 0.6 is 0 Å². The molecular weight excluding hydrogens is 287 g/mol. The largest absolute Gasteiger partial charge is 0.416 e. The van der Waals surface area contributed by atoms with Gasteiger partial charge in [0.1, 0.15) is 0 Å². The van der Waals surface area contributed by atoms with Gasteiger partial charge >= 0.3 is 6.18 Å². The summed E-state index contributed by atoms with van der Waals surface area (Å²) in [7, 11) is -1.32. The molecule has 0 heterocycles. The summed E-state index contributed by atoms with van der Waals surface area (Å²) in [4.78, 5) is 0.338. The monoisotopic (exact) mass is 305 g/mol. The molecule has 6 heteroatoms. The van der Waals surface area contributed by atoms with Gasteiger partial charge in [-0.05, 0) is 31.0 Å². The zero-order valence-electron chi connectivity index (χ0n) is 11.1. The Labute approximate surface area is 119 Å². The third-order valence-electron chi connectivity index (χ3n) is 3.66. The van der Waals surface area contributed by atoms with Crippen molar-refractivity contribution in [1.29, 1.82) is 0 Å². The Morgan fingerprint density at radius 1 is 1.10 bits per heavy atom. The lowest BCUT2D eigenvalue weighted by atomic mass is 10.2. The van der Waals surface area contributed by atoms with Crippen molar-refractivity contribution in [1.82, 2.24) is 0 Å². The highest BCUT2D eigenvalue weighted by molar-refractivity contribution is 7.85. The van der Waals surface area contributed by atoms with E-state index < -0.39 is 22.5 Å². The van der Waals surface area contributed by atoms with Gasteiger partial charge in [-0.3, -0.25) is 4.21 Å². The van der Waals surface area contributed by atoms with Crippen LogP contribution in [-0.4, -0.2) is 9.46 Å². The molecule has 0 bridgehead atoms. The highest BCUT2D eigenvalue weighted by Crippen LogP contribution is 2.34. The molecule has 0 radical (unpaired) electrons. The summed E-state index contributed by atoms with van der Waals surface area (Å²) in [6, 6.07) is 3.10. The molecule has 1 fully saturated rings. The predicted molar refractivity (Wildman–Crippen MR) is 73.8 cm³/mol. The zero-order valence-corrected chi connectivity index (χ0v) is 11.9. The lowest BCUT2D eigenvalue weighted by Crippen LogP contribution is -2.16. The molecule has 0 saturated heterocycles. The van der Waals surface area contributed by atoms with Crippen molar-refractivity contribution in [2.24, 2.45) is 0 Å². The Morgan fingerprint density at radius 2 is 1.70 bits per heavy atom. The van der Waals surface area contributed by atoms with Crippen molar-refractivity contribution in [3.05, 3.63) is 23.8 Å². The minimum absolute atomic E-state index is 0.0107. The maximum absolute atomic E-state index is 12.6. The van der Waals surface area contributed by atoms with Crippen LogP contribution in [0.15, 0.2) is 23.1 Å². The van der Waals surface area contributed by atoms with Crippen molar-refractivity contribution < 1.29 is 17.4 Å². The van der Waals surface area contributed by atoms with Crippen molar-refractivity contribution in [3.63, 3.8) is 0 Å². The molecule has 20 heavy (non-hydrogen) atoms. The fourth-order valence-electron chi connectivity index (χ4n) is 2.54. The SMILES string of the molecule is Nc1cc(C(F)(F)F)ccc1S(=O)C1CCCCCC1. The molecule has 0 aliphatic heterocycles. The van der Waals surface area contributed by atoms with Gasteiger partial charge < -0.3 is 5.73 Å². The molecule has 1 aliphatic carbocycles. The van der Waals surface area contributed by atoms with Crippen LogP contribution in [-0.2, 0) is 17.0 Å². The number of anilines is 1. The third kappa shape index (κ3) is 3.53. The first kappa shape index (κ1) is 15.4. The van der Waals surface area contributed by atoms with Crippen LogP contribution in [0.1, 0.15) is 44.1 Å². The molecule has 0 amide bonds. The highest BCUT2D eigenvalue weighted by atomic mass is 32.2. The minimum Gasteiger partial charge on any atom is -0.398 e.